The molecule has 1 unspecified atom stereocenters. The van der Waals surface area contributed by atoms with Gasteiger partial charge in [0, 0.05) is 13.1 Å². The molecular weight excluding hydrogens is 412 g/mol. The van der Waals surface area contributed by atoms with Gasteiger partial charge in [-0.15, -0.1) is 0 Å². The van der Waals surface area contributed by atoms with E-state index >= 15 is 0 Å². The number of hydrogen-bond donors (Lipinski definition) is 3. The van der Waals surface area contributed by atoms with Crippen LogP contribution in [0.25, 0.3) is 0 Å². The van der Waals surface area contributed by atoms with Gasteiger partial charge in [0.25, 0.3) is 0 Å². The fourth-order valence-corrected chi connectivity index (χ4v) is 6.52. The number of nitrogens with one attached hydrogen (secondary N) is 1. The van der Waals surface area contributed by atoms with Crippen molar-refractivity contribution in [3.63, 3.8) is 0 Å². The van der Waals surface area contributed by atoms with Gasteiger partial charge in [0.05, 0.1) is 23.8 Å². The average molecular weight is 455 g/mol. The van der Waals surface area contributed by atoms with E-state index in [9.17, 15) is 15.0 Å². The molecule has 5 heteroatoms. The van der Waals surface area contributed by atoms with E-state index in [1.54, 1.807) is 0 Å². The van der Waals surface area contributed by atoms with E-state index in [0.29, 0.717) is 30.8 Å². The summed E-state index contributed by atoms with van der Waals surface area (Å²) in [5, 5.41) is 25.2. The molecule has 3 fully saturated rings. The van der Waals surface area contributed by atoms with Gasteiger partial charge in [-0.25, -0.2) is 0 Å². The highest BCUT2D eigenvalue weighted by molar-refractivity contribution is 5.79. The Morgan fingerprint density at radius 1 is 1.03 bits per heavy atom. The van der Waals surface area contributed by atoms with Crippen LogP contribution in [0.1, 0.15) is 94.4 Å². The first-order chi connectivity index (χ1) is 15.8. The number of benzene rings is 1. The highest BCUT2D eigenvalue weighted by Crippen LogP contribution is 2.51. The highest BCUT2D eigenvalue weighted by Gasteiger charge is 2.52. The van der Waals surface area contributed by atoms with Crippen LogP contribution in [0, 0.1) is 17.8 Å². The standard InChI is InChI=1S/C28H42N2O3/c1-27(2,32)23-9-8-19-14-15-30(26(24(19)16-23)20-6-4-3-5-7-20)25(31)17-29-18-28(33,21-10-11-21)22-12-13-22/h8-9,16,20-22,26,29,32-33H,3-7,10-15,17-18H2,1-2H3. The third kappa shape index (κ3) is 4.87. The summed E-state index contributed by atoms with van der Waals surface area (Å²) >= 11 is 0. The Balaban J connectivity index is 1.34. The van der Waals surface area contributed by atoms with Crippen molar-refractivity contribution in [2.45, 2.75) is 95.3 Å². The Bertz CT molecular complexity index is 850. The molecule has 1 amide bonds. The Morgan fingerprint density at radius 2 is 1.70 bits per heavy atom. The summed E-state index contributed by atoms with van der Waals surface area (Å²) in [4.78, 5) is 15.6. The van der Waals surface area contributed by atoms with Crippen LogP contribution in [0.15, 0.2) is 18.2 Å². The van der Waals surface area contributed by atoms with Gasteiger partial charge in [-0.3, -0.25) is 4.79 Å². The van der Waals surface area contributed by atoms with Crippen LogP contribution in [0.2, 0.25) is 0 Å². The van der Waals surface area contributed by atoms with Crippen LogP contribution in [0.3, 0.4) is 0 Å². The molecular formula is C28H42N2O3. The van der Waals surface area contributed by atoms with Gasteiger partial charge < -0.3 is 20.4 Å². The van der Waals surface area contributed by atoms with Crippen LogP contribution < -0.4 is 5.32 Å². The molecule has 3 aliphatic carbocycles. The number of hydrogen-bond acceptors (Lipinski definition) is 4. The van der Waals surface area contributed by atoms with Crippen LogP contribution in [-0.2, 0) is 16.8 Å². The lowest BCUT2D eigenvalue weighted by atomic mass is 9.76. The molecule has 0 saturated heterocycles. The average Bonchev–Trinajstić information content (AvgIpc) is 3.70. The minimum absolute atomic E-state index is 0.0939. The molecule has 3 saturated carbocycles. The molecule has 1 atom stereocenters. The second-order valence-electron chi connectivity index (χ2n) is 11.8. The third-order valence-electron chi connectivity index (χ3n) is 8.80. The minimum Gasteiger partial charge on any atom is -0.388 e. The maximum atomic E-state index is 13.5. The summed E-state index contributed by atoms with van der Waals surface area (Å²) < 4.78 is 0. The van der Waals surface area contributed by atoms with Crippen LogP contribution in [0.4, 0.5) is 0 Å². The van der Waals surface area contributed by atoms with E-state index in [4.69, 9.17) is 0 Å². The first kappa shape index (κ1) is 23.3. The van der Waals surface area contributed by atoms with Gasteiger partial charge in [0.2, 0.25) is 5.91 Å². The Labute approximate surface area is 198 Å². The molecule has 0 aromatic heterocycles. The lowest BCUT2D eigenvalue weighted by Crippen LogP contribution is -2.50. The van der Waals surface area contributed by atoms with Gasteiger partial charge in [-0.05, 0) is 93.2 Å². The first-order valence-corrected chi connectivity index (χ1v) is 13.4. The number of carbonyl (C=O) groups is 1. The molecule has 0 radical (unpaired) electrons. The molecule has 4 aliphatic rings. The van der Waals surface area contributed by atoms with Crippen LogP contribution >= 0.6 is 0 Å². The van der Waals surface area contributed by atoms with Gasteiger partial charge in [-0.2, -0.15) is 0 Å². The summed E-state index contributed by atoms with van der Waals surface area (Å²) in [5.41, 5.74) is 1.99. The third-order valence-corrected chi connectivity index (χ3v) is 8.80. The minimum atomic E-state index is -0.893. The number of fused-ring (bicyclic) bond motifs is 1. The maximum absolute atomic E-state index is 13.5. The number of aliphatic hydroxyl groups is 2. The SMILES string of the molecule is CC(C)(O)c1ccc2c(c1)C(C1CCCCC1)N(C(=O)CNCC(O)(C1CC1)C1CC1)CC2. The van der Waals surface area contributed by atoms with E-state index in [2.05, 4.69) is 22.3 Å². The summed E-state index contributed by atoms with van der Waals surface area (Å²) in [6.07, 6.45) is 11.4. The summed E-state index contributed by atoms with van der Waals surface area (Å²) in [7, 11) is 0. The first-order valence-electron chi connectivity index (χ1n) is 13.4. The van der Waals surface area contributed by atoms with Gasteiger partial charge in [0.1, 0.15) is 0 Å². The number of rotatable bonds is 8. The number of nitrogens with zero attached hydrogens (tertiary/aromatic N) is 1. The number of carbonyl (C=O) groups excluding carboxylic acids is 1. The Hall–Kier alpha value is -1.43. The molecule has 1 aromatic rings. The second-order valence-corrected chi connectivity index (χ2v) is 11.8. The van der Waals surface area contributed by atoms with Crippen molar-refractivity contribution in [3.8, 4) is 0 Å². The zero-order valence-corrected chi connectivity index (χ0v) is 20.5. The molecule has 5 nitrogen and oxygen atoms in total. The van der Waals surface area contributed by atoms with Crippen LogP contribution in [-0.4, -0.2) is 46.3 Å². The molecule has 0 bridgehead atoms. The largest absolute Gasteiger partial charge is 0.388 e. The summed E-state index contributed by atoms with van der Waals surface area (Å²) in [6, 6.07) is 6.48. The van der Waals surface area contributed by atoms with Gasteiger partial charge in [-0.1, -0.05) is 37.5 Å². The smallest absolute Gasteiger partial charge is 0.237 e. The molecule has 33 heavy (non-hydrogen) atoms. The van der Waals surface area contributed by atoms with Gasteiger partial charge >= 0.3 is 0 Å². The quantitative estimate of drug-likeness (QED) is 0.554. The monoisotopic (exact) mass is 454 g/mol. The highest BCUT2D eigenvalue weighted by atomic mass is 16.3. The van der Waals surface area contributed by atoms with E-state index < -0.39 is 11.2 Å². The van der Waals surface area contributed by atoms with Crippen LogP contribution in [0.5, 0.6) is 0 Å². The van der Waals surface area contributed by atoms with Crippen molar-refractivity contribution in [1.29, 1.82) is 0 Å². The second kappa shape index (κ2) is 8.98. The van der Waals surface area contributed by atoms with E-state index in [1.165, 1.54) is 30.4 Å². The lowest BCUT2D eigenvalue weighted by molar-refractivity contribution is -0.135. The summed E-state index contributed by atoms with van der Waals surface area (Å²) in [6.45, 7) is 5.26. The van der Waals surface area contributed by atoms with Crippen molar-refractivity contribution in [2.75, 3.05) is 19.6 Å². The van der Waals surface area contributed by atoms with Crippen molar-refractivity contribution in [3.05, 3.63) is 34.9 Å². The van der Waals surface area contributed by atoms with Crippen molar-refractivity contribution in [1.82, 2.24) is 10.2 Å². The lowest BCUT2D eigenvalue weighted by Gasteiger charge is -2.43. The predicted octanol–water partition coefficient (Wildman–Crippen LogP) is 4.06. The Kier molecular flexibility index (Phi) is 6.34. The topological polar surface area (TPSA) is 72.8 Å². The predicted molar refractivity (Wildman–Crippen MR) is 130 cm³/mol. The van der Waals surface area contributed by atoms with Crippen molar-refractivity contribution in [2.24, 2.45) is 17.8 Å². The van der Waals surface area contributed by atoms with Crippen molar-refractivity contribution >= 4 is 5.91 Å². The fourth-order valence-electron chi connectivity index (χ4n) is 6.52. The Morgan fingerprint density at radius 3 is 2.30 bits per heavy atom. The van der Waals surface area contributed by atoms with Gasteiger partial charge in [0.15, 0.2) is 0 Å². The molecule has 182 valence electrons. The normalized spacial score (nSPS) is 24.6. The van der Waals surface area contributed by atoms with E-state index in [0.717, 1.165) is 57.1 Å². The number of amides is 1. The van der Waals surface area contributed by atoms with E-state index in [-0.39, 0.29) is 11.9 Å². The van der Waals surface area contributed by atoms with Crippen molar-refractivity contribution < 1.29 is 15.0 Å². The molecule has 1 heterocycles. The zero-order chi connectivity index (χ0) is 23.2. The zero-order valence-electron chi connectivity index (χ0n) is 20.5. The molecule has 3 N–H and O–H groups in total. The fraction of sp³-hybridized carbons (Fsp3) is 0.750. The summed E-state index contributed by atoms with van der Waals surface area (Å²) in [5.74, 6) is 1.47. The molecule has 1 aliphatic heterocycles. The van der Waals surface area contributed by atoms with E-state index in [1.807, 2.05) is 19.9 Å². The maximum Gasteiger partial charge on any atom is 0.237 e. The molecule has 0 spiro atoms. The molecule has 1 aromatic carbocycles. The molecule has 5 rings (SSSR count).